The van der Waals surface area contributed by atoms with Gasteiger partial charge in [0.15, 0.2) is 0 Å². The van der Waals surface area contributed by atoms with Crippen molar-refractivity contribution in [3.05, 3.63) is 77.3 Å². The number of nitrogens with zero attached hydrogens (tertiary/aromatic N) is 4. The molecule has 0 saturated carbocycles. The van der Waals surface area contributed by atoms with Crippen LogP contribution in [-0.2, 0) is 13.1 Å². The number of benzene rings is 2. The van der Waals surface area contributed by atoms with Crippen molar-refractivity contribution in [2.24, 2.45) is 0 Å². The summed E-state index contributed by atoms with van der Waals surface area (Å²) in [5.74, 6) is -0.0815. The Morgan fingerprint density at radius 1 is 1.12 bits per heavy atom. The minimum Gasteiger partial charge on any atom is -0.348 e. The summed E-state index contributed by atoms with van der Waals surface area (Å²) in [4.78, 5) is 20.5. The van der Waals surface area contributed by atoms with Crippen molar-refractivity contribution in [1.82, 2.24) is 25.1 Å². The summed E-state index contributed by atoms with van der Waals surface area (Å²) in [5, 5.41) is 7.04. The van der Waals surface area contributed by atoms with Crippen LogP contribution in [0.1, 0.15) is 21.5 Å². The second kappa shape index (κ2) is 6.82. The molecule has 0 saturated heterocycles. The van der Waals surface area contributed by atoms with E-state index in [1.807, 2.05) is 36.4 Å². The third-order valence-corrected chi connectivity index (χ3v) is 4.67. The Kier molecular flexibility index (Phi) is 4.22. The molecule has 2 aromatic carbocycles. The van der Waals surface area contributed by atoms with Gasteiger partial charge in [-0.3, -0.25) is 4.79 Å². The molecule has 4 aromatic rings. The van der Waals surface area contributed by atoms with Gasteiger partial charge in [0.2, 0.25) is 0 Å². The molecular weight excluding hydrogens is 334 g/mol. The largest absolute Gasteiger partial charge is 0.348 e. The number of thiazole rings is 1. The molecule has 0 radical (unpaired) electrons. The Labute approximate surface area is 148 Å². The fraction of sp³-hybridized carbons (Fsp3) is 0.111. The molecule has 0 spiro atoms. The minimum atomic E-state index is -0.0815. The van der Waals surface area contributed by atoms with Gasteiger partial charge in [0.05, 0.1) is 22.3 Å². The van der Waals surface area contributed by atoms with Crippen molar-refractivity contribution in [1.29, 1.82) is 0 Å². The molecule has 4 rings (SSSR count). The number of carbonyl (C=O) groups excluding carboxylic acids is 1. The number of rotatable bonds is 5. The molecule has 1 N–H and O–H groups in total. The number of carbonyl (C=O) groups is 1. The van der Waals surface area contributed by atoms with Crippen LogP contribution < -0.4 is 5.32 Å². The van der Waals surface area contributed by atoms with E-state index in [9.17, 15) is 4.79 Å². The number of aromatic nitrogens is 4. The van der Waals surface area contributed by atoms with Gasteiger partial charge < -0.3 is 5.32 Å². The van der Waals surface area contributed by atoms with Crippen molar-refractivity contribution in [2.45, 2.75) is 13.1 Å². The first kappa shape index (κ1) is 15.5. The topological polar surface area (TPSA) is 72.7 Å². The average Bonchev–Trinajstić information content (AvgIpc) is 3.31. The highest BCUT2D eigenvalue weighted by Gasteiger charge is 2.07. The molecule has 0 bridgehead atoms. The molecule has 0 aliphatic carbocycles. The number of hydrogen-bond acceptors (Lipinski definition) is 5. The molecule has 0 aliphatic rings. The van der Waals surface area contributed by atoms with E-state index in [-0.39, 0.29) is 5.91 Å². The van der Waals surface area contributed by atoms with E-state index in [2.05, 4.69) is 20.4 Å². The number of fused-ring (bicyclic) bond motifs is 1. The highest BCUT2D eigenvalue weighted by atomic mass is 32.1. The van der Waals surface area contributed by atoms with Crippen LogP contribution in [0.25, 0.3) is 10.2 Å². The molecule has 2 heterocycles. The van der Waals surface area contributed by atoms with Gasteiger partial charge >= 0.3 is 0 Å². The fourth-order valence-corrected chi connectivity index (χ4v) is 3.26. The van der Waals surface area contributed by atoms with Gasteiger partial charge in [0.1, 0.15) is 12.7 Å². The summed E-state index contributed by atoms with van der Waals surface area (Å²) >= 11 is 1.53. The third-order valence-electron chi connectivity index (χ3n) is 3.88. The van der Waals surface area contributed by atoms with Gasteiger partial charge in [-0.1, -0.05) is 24.3 Å². The monoisotopic (exact) mass is 349 g/mol. The first-order valence-electron chi connectivity index (χ1n) is 7.79. The van der Waals surface area contributed by atoms with E-state index in [0.29, 0.717) is 18.7 Å². The van der Waals surface area contributed by atoms with Gasteiger partial charge in [-0.05, 0) is 29.3 Å². The first-order valence-corrected chi connectivity index (χ1v) is 8.67. The lowest BCUT2D eigenvalue weighted by atomic mass is 10.1. The van der Waals surface area contributed by atoms with Gasteiger partial charge in [-0.25, -0.2) is 14.6 Å². The lowest BCUT2D eigenvalue weighted by molar-refractivity contribution is 0.0951. The molecule has 6 nitrogen and oxygen atoms in total. The summed E-state index contributed by atoms with van der Waals surface area (Å²) in [6.07, 6.45) is 3.21. The van der Waals surface area contributed by atoms with Gasteiger partial charge in [0.25, 0.3) is 5.91 Å². The molecule has 1 amide bonds. The van der Waals surface area contributed by atoms with Crippen molar-refractivity contribution in [3.63, 3.8) is 0 Å². The van der Waals surface area contributed by atoms with Gasteiger partial charge in [-0.2, -0.15) is 5.10 Å². The Hall–Kier alpha value is -3.06. The molecule has 0 atom stereocenters. The van der Waals surface area contributed by atoms with Crippen molar-refractivity contribution < 1.29 is 4.79 Å². The quantitative estimate of drug-likeness (QED) is 0.601. The Morgan fingerprint density at radius 3 is 2.76 bits per heavy atom. The predicted molar refractivity (Wildman–Crippen MR) is 96.4 cm³/mol. The fourth-order valence-electron chi connectivity index (χ4n) is 2.54. The van der Waals surface area contributed by atoms with Gasteiger partial charge in [-0.15, -0.1) is 11.3 Å². The van der Waals surface area contributed by atoms with E-state index < -0.39 is 0 Å². The lowest BCUT2D eigenvalue weighted by Crippen LogP contribution is -2.22. The van der Waals surface area contributed by atoms with E-state index in [1.165, 1.54) is 17.7 Å². The molecular formula is C18H15N5OS. The highest BCUT2D eigenvalue weighted by molar-refractivity contribution is 7.16. The summed E-state index contributed by atoms with van der Waals surface area (Å²) < 4.78 is 2.79. The van der Waals surface area contributed by atoms with Crippen LogP contribution in [0, 0.1) is 0 Å². The number of nitrogens with one attached hydrogen (secondary N) is 1. The summed E-state index contributed by atoms with van der Waals surface area (Å²) in [7, 11) is 0. The molecule has 0 fully saturated rings. The Morgan fingerprint density at radius 2 is 1.96 bits per heavy atom. The number of amides is 1. The number of hydrogen-bond donors (Lipinski definition) is 1. The van der Waals surface area contributed by atoms with E-state index in [1.54, 1.807) is 22.6 Å². The van der Waals surface area contributed by atoms with Crippen LogP contribution in [0.2, 0.25) is 0 Å². The van der Waals surface area contributed by atoms with Crippen LogP contribution in [0.3, 0.4) is 0 Å². The zero-order valence-corrected chi connectivity index (χ0v) is 14.1. The molecule has 7 heteroatoms. The standard InChI is InChI=1S/C18H15N5OS/c24-18(15-5-6-16-17(7-15)25-12-21-16)20-8-13-1-3-14(4-2-13)9-23-11-19-10-22-23/h1-7,10-12H,8-9H2,(H,20,24). The van der Waals surface area contributed by atoms with Gasteiger partial charge in [0, 0.05) is 12.1 Å². The van der Waals surface area contributed by atoms with Crippen molar-refractivity contribution >= 4 is 27.5 Å². The zero-order valence-electron chi connectivity index (χ0n) is 13.3. The highest BCUT2D eigenvalue weighted by Crippen LogP contribution is 2.19. The van der Waals surface area contributed by atoms with Crippen LogP contribution in [-0.4, -0.2) is 25.7 Å². The molecule has 124 valence electrons. The zero-order chi connectivity index (χ0) is 17.1. The second-order valence-corrected chi connectivity index (χ2v) is 6.51. The summed E-state index contributed by atoms with van der Waals surface area (Å²) in [5.41, 5.74) is 5.54. The summed E-state index contributed by atoms with van der Waals surface area (Å²) in [6.45, 7) is 1.17. The molecule has 2 aromatic heterocycles. The summed E-state index contributed by atoms with van der Waals surface area (Å²) in [6, 6.07) is 13.7. The maximum absolute atomic E-state index is 12.3. The molecule has 0 aliphatic heterocycles. The maximum atomic E-state index is 12.3. The average molecular weight is 349 g/mol. The SMILES string of the molecule is O=C(NCc1ccc(Cn2cncn2)cc1)c1ccc2ncsc2c1. The minimum absolute atomic E-state index is 0.0815. The second-order valence-electron chi connectivity index (χ2n) is 5.63. The van der Waals surface area contributed by atoms with Crippen molar-refractivity contribution in [3.8, 4) is 0 Å². The normalized spacial score (nSPS) is 10.9. The Balaban J connectivity index is 1.37. The Bertz CT molecular complexity index is 992. The first-order chi connectivity index (χ1) is 12.3. The van der Waals surface area contributed by atoms with Crippen LogP contribution >= 0.6 is 11.3 Å². The predicted octanol–water partition coefficient (Wildman–Crippen LogP) is 2.87. The van der Waals surface area contributed by atoms with E-state index in [4.69, 9.17) is 0 Å². The smallest absolute Gasteiger partial charge is 0.251 e. The van der Waals surface area contributed by atoms with Crippen LogP contribution in [0.4, 0.5) is 0 Å². The molecule has 25 heavy (non-hydrogen) atoms. The van der Waals surface area contributed by atoms with Crippen molar-refractivity contribution in [2.75, 3.05) is 0 Å². The molecule has 0 unspecified atom stereocenters. The third kappa shape index (κ3) is 3.56. The van der Waals surface area contributed by atoms with Crippen LogP contribution in [0.15, 0.2) is 60.6 Å². The lowest BCUT2D eigenvalue weighted by Gasteiger charge is -2.07. The maximum Gasteiger partial charge on any atom is 0.251 e. The van der Waals surface area contributed by atoms with Crippen LogP contribution in [0.5, 0.6) is 0 Å². The van der Waals surface area contributed by atoms with E-state index >= 15 is 0 Å². The van der Waals surface area contributed by atoms with E-state index in [0.717, 1.165) is 21.3 Å².